The van der Waals surface area contributed by atoms with Crippen LogP contribution in [0.1, 0.15) is 230 Å². The summed E-state index contributed by atoms with van der Waals surface area (Å²) < 4.78 is 23.3. The van der Waals surface area contributed by atoms with Gasteiger partial charge in [-0.15, -0.1) is 0 Å². The Bertz CT molecular complexity index is 1300. The highest BCUT2D eigenvalue weighted by molar-refractivity contribution is 7.41. The molecule has 8 nitrogen and oxygen atoms in total. The first-order valence-corrected chi connectivity index (χ1v) is 27.5. The lowest BCUT2D eigenvalue weighted by Gasteiger charge is -2.17. The summed E-state index contributed by atoms with van der Waals surface area (Å²) in [6.07, 6.45) is 40.5. The van der Waals surface area contributed by atoms with Gasteiger partial charge in [-0.25, -0.2) is 0 Å². The van der Waals surface area contributed by atoms with E-state index in [1.54, 1.807) is 0 Å². The van der Waals surface area contributed by atoms with Crippen molar-refractivity contribution in [1.82, 2.24) is 5.32 Å². The molecule has 0 radical (unpaired) electrons. The molecule has 2 atom stereocenters. The second kappa shape index (κ2) is 44.5. The molecule has 0 aliphatic rings. The molecule has 0 spiro atoms. The van der Waals surface area contributed by atoms with Crippen LogP contribution >= 0.6 is 8.60 Å². The first-order chi connectivity index (χ1) is 31.6. The SMILES string of the molecule is CCCCCCCCCCCCC(CCCCCCCCCCCCCCCCCC(=O)OCCCOP(OCCNCc1ccccc1)OCc1ccccc1)CCCCC(=O)O. The van der Waals surface area contributed by atoms with Crippen molar-refractivity contribution in [2.45, 2.75) is 232 Å². The maximum absolute atomic E-state index is 12.3. The number of unbranched alkanes of at least 4 members (excludes halogenated alkanes) is 24. The van der Waals surface area contributed by atoms with Gasteiger partial charge in [0.05, 0.1) is 26.4 Å². The highest BCUT2D eigenvalue weighted by atomic mass is 31.2. The van der Waals surface area contributed by atoms with E-state index in [9.17, 15) is 9.59 Å². The van der Waals surface area contributed by atoms with E-state index in [-0.39, 0.29) is 5.97 Å². The van der Waals surface area contributed by atoms with E-state index in [1.165, 1.54) is 173 Å². The Morgan fingerprint density at radius 1 is 0.500 bits per heavy atom. The zero-order valence-corrected chi connectivity index (χ0v) is 41.7. The van der Waals surface area contributed by atoms with E-state index in [4.69, 9.17) is 23.4 Å². The number of hydrogen-bond acceptors (Lipinski definition) is 7. The van der Waals surface area contributed by atoms with Gasteiger partial charge in [0, 0.05) is 32.4 Å². The number of carboxylic acids is 1. The Morgan fingerprint density at radius 2 is 0.938 bits per heavy atom. The number of carbonyl (C=O) groups excluding carboxylic acids is 1. The fourth-order valence-corrected chi connectivity index (χ4v) is 9.35. The average molecular weight is 912 g/mol. The molecule has 0 fully saturated rings. The molecule has 0 amide bonds. The van der Waals surface area contributed by atoms with Crippen LogP contribution in [0.25, 0.3) is 0 Å². The molecule has 0 saturated carbocycles. The van der Waals surface area contributed by atoms with Crippen LogP contribution in [0.15, 0.2) is 60.7 Å². The minimum absolute atomic E-state index is 0.117. The highest BCUT2D eigenvalue weighted by Gasteiger charge is 2.14. The molecule has 2 unspecified atom stereocenters. The number of carboxylic acid groups (broad SMARTS) is 1. The molecule has 0 aliphatic heterocycles. The number of nitrogens with one attached hydrogen (secondary N) is 1. The molecular formula is C55H94NO7P. The highest BCUT2D eigenvalue weighted by Crippen LogP contribution is 2.40. The maximum Gasteiger partial charge on any atom is 0.333 e. The molecule has 366 valence electrons. The van der Waals surface area contributed by atoms with Gasteiger partial charge in [-0.3, -0.25) is 9.59 Å². The number of esters is 1. The van der Waals surface area contributed by atoms with E-state index in [0.717, 1.165) is 43.7 Å². The third-order valence-corrected chi connectivity index (χ3v) is 13.4. The van der Waals surface area contributed by atoms with Crippen LogP contribution in [0.3, 0.4) is 0 Å². The van der Waals surface area contributed by atoms with Crippen LogP contribution in [-0.4, -0.2) is 43.4 Å². The van der Waals surface area contributed by atoms with E-state index in [1.807, 2.05) is 48.5 Å². The van der Waals surface area contributed by atoms with Crippen molar-refractivity contribution in [2.75, 3.05) is 26.4 Å². The third-order valence-electron chi connectivity index (χ3n) is 12.3. The molecule has 2 aromatic carbocycles. The van der Waals surface area contributed by atoms with Crippen LogP contribution in [0.2, 0.25) is 0 Å². The van der Waals surface area contributed by atoms with Crippen LogP contribution in [-0.2, 0) is 41.0 Å². The molecule has 2 N–H and O–H groups in total. The quantitative estimate of drug-likeness (QED) is 0.0384. The Hall–Kier alpha value is -2.35. The van der Waals surface area contributed by atoms with Crippen LogP contribution < -0.4 is 5.32 Å². The van der Waals surface area contributed by atoms with Crippen molar-refractivity contribution in [3.05, 3.63) is 71.8 Å². The summed E-state index contributed by atoms with van der Waals surface area (Å²) in [6.45, 7) is 5.41. The normalized spacial score (nSPS) is 12.4. The van der Waals surface area contributed by atoms with Gasteiger partial charge in [0.1, 0.15) is 0 Å². The summed E-state index contributed by atoms with van der Waals surface area (Å²) in [5.74, 6) is 0.0323. The molecule has 0 bridgehead atoms. The smallest absolute Gasteiger partial charge is 0.333 e. The van der Waals surface area contributed by atoms with Crippen molar-refractivity contribution in [2.24, 2.45) is 5.92 Å². The summed E-state index contributed by atoms with van der Waals surface area (Å²) in [4.78, 5) is 23.3. The molecule has 0 aliphatic carbocycles. The second-order valence-corrected chi connectivity index (χ2v) is 19.4. The van der Waals surface area contributed by atoms with Gasteiger partial charge in [-0.2, -0.15) is 0 Å². The van der Waals surface area contributed by atoms with Crippen molar-refractivity contribution in [1.29, 1.82) is 0 Å². The van der Waals surface area contributed by atoms with E-state index >= 15 is 0 Å². The number of carbonyl (C=O) groups is 2. The number of aliphatic carboxylic acids is 1. The molecule has 0 aromatic heterocycles. The third kappa shape index (κ3) is 37.8. The predicted octanol–water partition coefficient (Wildman–Crippen LogP) is 16.4. The van der Waals surface area contributed by atoms with Crippen LogP contribution in [0.5, 0.6) is 0 Å². The summed E-state index contributed by atoms with van der Waals surface area (Å²) in [7, 11) is -1.51. The minimum Gasteiger partial charge on any atom is -0.481 e. The fourth-order valence-electron chi connectivity index (χ4n) is 8.35. The molecule has 9 heteroatoms. The van der Waals surface area contributed by atoms with Crippen molar-refractivity contribution < 1.29 is 33.0 Å². The Labute approximate surface area is 393 Å². The largest absolute Gasteiger partial charge is 0.481 e. The fraction of sp³-hybridized carbons (Fsp3) is 0.745. The van der Waals surface area contributed by atoms with E-state index in [0.29, 0.717) is 52.2 Å². The van der Waals surface area contributed by atoms with E-state index in [2.05, 4.69) is 24.4 Å². The van der Waals surface area contributed by atoms with Crippen LogP contribution in [0, 0.1) is 5.92 Å². The first kappa shape index (κ1) is 57.8. The summed E-state index contributed by atoms with van der Waals surface area (Å²) >= 11 is 0. The summed E-state index contributed by atoms with van der Waals surface area (Å²) in [5.41, 5.74) is 2.30. The molecule has 0 heterocycles. The molecule has 0 saturated heterocycles. The van der Waals surface area contributed by atoms with Gasteiger partial charge in [0.25, 0.3) is 0 Å². The Kier molecular flexibility index (Phi) is 40.2. The first-order valence-electron chi connectivity index (χ1n) is 26.4. The van der Waals surface area contributed by atoms with Gasteiger partial charge in [0.15, 0.2) is 0 Å². The maximum atomic E-state index is 12.3. The molecule has 2 aromatic rings. The van der Waals surface area contributed by atoms with Gasteiger partial charge < -0.3 is 28.7 Å². The lowest BCUT2D eigenvalue weighted by molar-refractivity contribution is -0.144. The second-order valence-electron chi connectivity index (χ2n) is 18.2. The molecule has 64 heavy (non-hydrogen) atoms. The van der Waals surface area contributed by atoms with Crippen molar-refractivity contribution >= 4 is 20.5 Å². The van der Waals surface area contributed by atoms with Gasteiger partial charge in [-0.05, 0) is 29.9 Å². The standard InChI is InChI=1S/C55H94NO7P/c1-2-3-4-5-6-7-15-18-21-26-36-51(38-33-34-43-54(57)58)37-27-22-19-16-13-11-9-8-10-12-14-17-20-23-32-44-55(59)60-46-35-47-61-64(63-50-53-41-30-25-31-42-53)62-48-45-56-49-52-39-28-24-29-40-52/h24-25,28-31,39-42,51,56H,2-23,26-27,32-38,43-50H2,1H3,(H,57,58). The predicted molar refractivity (Wildman–Crippen MR) is 268 cm³/mol. The number of rotatable bonds is 48. The van der Waals surface area contributed by atoms with Gasteiger partial charge in [0.2, 0.25) is 0 Å². The Morgan fingerprint density at radius 3 is 1.45 bits per heavy atom. The minimum atomic E-state index is -1.51. The lowest BCUT2D eigenvalue weighted by atomic mass is 9.89. The topological polar surface area (TPSA) is 103 Å². The Balaban J connectivity index is 1.38. The molecule has 2 rings (SSSR count). The van der Waals surface area contributed by atoms with Crippen molar-refractivity contribution in [3.8, 4) is 0 Å². The van der Waals surface area contributed by atoms with Crippen LogP contribution in [0.4, 0.5) is 0 Å². The zero-order valence-electron chi connectivity index (χ0n) is 40.8. The summed E-state index contributed by atoms with van der Waals surface area (Å²) in [5, 5.41) is 12.4. The number of benzene rings is 2. The number of hydrogen-bond donors (Lipinski definition) is 2. The van der Waals surface area contributed by atoms with Gasteiger partial charge >= 0.3 is 20.5 Å². The van der Waals surface area contributed by atoms with E-state index < -0.39 is 14.6 Å². The number of ether oxygens (including phenoxy) is 1. The average Bonchev–Trinajstić information content (AvgIpc) is 3.30. The van der Waals surface area contributed by atoms with Gasteiger partial charge in [-0.1, -0.05) is 247 Å². The lowest BCUT2D eigenvalue weighted by Crippen LogP contribution is -2.18. The van der Waals surface area contributed by atoms with Crippen molar-refractivity contribution in [3.63, 3.8) is 0 Å². The molecular weight excluding hydrogens is 818 g/mol. The zero-order chi connectivity index (χ0) is 45.6. The monoisotopic (exact) mass is 912 g/mol. The summed E-state index contributed by atoms with van der Waals surface area (Å²) in [6, 6.07) is 20.3.